The molecule has 1 aliphatic heterocycles. The third-order valence-electron chi connectivity index (χ3n) is 3.51. The molecule has 1 aliphatic rings. The molecule has 0 amide bonds. The van der Waals surface area contributed by atoms with E-state index in [-0.39, 0.29) is 5.82 Å². The molecule has 23 heavy (non-hydrogen) atoms. The van der Waals surface area contributed by atoms with Gasteiger partial charge < -0.3 is 0 Å². The summed E-state index contributed by atoms with van der Waals surface area (Å²) >= 11 is -2.08. The first-order valence-corrected chi connectivity index (χ1v) is 15.1. The third kappa shape index (κ3) is 4.03. The maximum atomic E-state index is 13.5. The summed E-state index contributed by atoms with van der Waals surface area (Å²) in [5.74, 6) is 0.473. The van der Waals surface area contributed by atoms with Gasteiger partial charge in [-0.05, 0) is 0 Å². The van der Waals surface area contributed by atoms with Crippen LogP contribution in [-0.4, -0.2) is 36.2 Å². The summed E-state index contributed by atoms with van der Waals surface area (Å²) in [6, 6.07) is 2.89. The topological polar surface area (TPSA) is 67.9 Å². The molecule has 0 radical (unpaired) electrons. The molecule has 0 aliphatic carbocycles. The summed E-state index contributed by atoms with van der Waals surface area (Å²) in [5.41, 5.74) is 6.28. The molecule has 1 saturated heterocycles. The second-order valence-electron chi connectivity index (χ2n) is 5.26. The van der Waals surface area contributed by atoms with Gasteiger partial charge in [0.1, 0.15) is 0 Å². The molecular weight excluding hydrogens is 428 g/mol. The van der Waals surface area contributed by atoms with Gasteiger partial charge in [-0.3, -0.25) is 0 Å². The van der Waals surface area contributed by atoms with Crippen LogP contribution < -0.4 is 27.7 Å². The number of hydrogen-bond donors (Lipinski definition) is 1. The number of nitrogens with two attached hydrogens (primary N) is 1. The van der Waals surface area contributed by atoms with Crippen LogP contribution in [0.1, 0.15) is 13.3 Å². The third-order valence-corrected chi connectivity index (χ3v) is 17.1. The van der Waals surface area contributed by atoms with E-state index in [9.17, 15) is 4.39 Å². The predicted molar refractivity (Wildman–Crippen MR) is 89.2 cm³/mol. The van der Waals surface area contributed by atoms with Crippen molar-refractivity contribution in [1.29, 1.82) is 0 Å². The van der Waals surface area contributed by atoms with Gasteiger partial charge in [-0.25, -0.2) is 0 Å². The molecule has 0 saturated carbocycles. The average Bonchev–Trinajstić information content (AvgIpc) is 3.33. The van der Waals surface area contributed by atoms with Crippen molar-refractivity contribution in [3.05, 3.63) is 40.4 Å². The molecule has 0 spiro atoms. The van der Waals surface area contributed by atoms with Gasteiger partial charge in [-0.2, -0.15) is 0 Å². The molecule has 3 rings (SSSR count). The summed E-state index contributed by atoms with van der Waals surface area (Å²) in [6.07, 6.45) is 5.93. The van der Waals surface area contributed by atoms with Gasteiger partial charge in [0, 0.05) is 0 Å². The van der Waals surface area contributed by atoms with Crippen LogP contribution in [0.3, 0.4) is 0 Å². The number of pyridine rings is 1. The zero-order valence-electron chi connectivity index (χ0n) is 13.0. The van der Waals surface area contributed by atoms with Crippen LogP contribution >= 0.6 is 8.93 Å². The van der Waals surface area contributed by atoms with Crippen molar-refractivity contribution in [3.63, 3.8) is 0 Å². The van der Waals surface area contributed by atoms with Crippen molar-refractivity contribution in [2.45, 2.75) is 13.3 Å². The van der Waals surface area contributed by atoms with E-state index >= 15 is 0 Å². The van der Waals surface area contributed by atoms with Crippen molar-refractivity contribution in [2.75, 3.05) is 31.9 Å². The maximum absolute atomic E-state index is 13.5. The zero-order chi connectivity index (χ0) is 16.3. The minimum atomic E-state index is -2.08. The fraction of sp³-hybridized carbons (Fsp3) is 0.400. The standard InChI is InChI=1S/C15H20FIN5S/c1-2-6-22(14-8-12(16)3-5-19-14)7-4-17(11-23-17)15-20-9-13(18)10-21-15/h3,5,8-10H,2,4,6-7,11,18H2,1H3/q-1. The van der Waals surface area contributed by atoms with E-state index < -0.39 is 17.0 Å². The number of rotatable bonds is 7. The molecule has 8 heteroatoms. The molecular formula is C15H20FIN5S-. The predicted octanol–water partition coefficient (Wildman–Crippen LogP) is -0.541. The van der Waals surface area contributed by atoms with Gasteiger partial charge in [0.05, 0.1) is 0 Å². The number of anilines is 2. The van der Waals surface area contributed by atoms with Crippen LogP contribution in [0, 0.1) is 9.65 Å². The van der Waals surface area contributed by atoms with Gasteiger partial charge >= 0.3 is 142 Å². The van der Waals surface area contributed by atoms with Crippen LogP contribution in [-0.2, 0) is 0 Å². The first-order valence-electron chi connectivity index (χ1n) is 7.43. The molecule has 3 heterocycles. The normalized spacial score (nSPS) is 22.3. The number of aromatic nitrogens is 3. The molecule has 2 N–H and O–H groups in total. The van der Waals surface area contributed by atoms with Crippen molar-refractivity contribution in [2.24, 2.45) is 0 Å². The van der Waals surface area contributed by atoms with E-state index in [0.29, 0.717) is 11.5 Å². The van der Waals surface area contributed by atoms with Gasteiger partial charge in [-0.1, -0.05) is 0 Å². The van der Waals surface area contributed by atoms with E-state index in [1.165, 1.54) is 22.1 Å². The van der Waals surface area contributed by atoms with Gasteiger partial charge in [0.15, 0.2) is 0 Å². The fourth-order valence-corrected chi connectivity index (χ4v) is 17.0. The zero-order valence-corrected chi connectivity index (χ0v) is 15.9. The Balaban J connectivity index is 1.70. The Morgan fingerprint density at radius 2 is 2.04 bits per heavy atom. The van der Waals surface area contributed by atoms with Crippen molar-refractivity contribution >= 4 is 20.4 Å². The van der Waals surface area contributed by atoms with E-state index in [0.717, 1.165) is 27.8 Å². The van der Waals surface area contributed by atoms with Gasteiger partial charge in [0.2, 0.25) is 0 Å². The number of hydrogen-bond acceptors (Lipinski definition) is 6. The van der Waals surface area contributed by atoms with E-state index in [1.807, 2.05) is 8.93 Å². The van der Waals surface area contributed by atoms with Gasteiger partial charge in [-0.15, -0.1) is 0 Å². The molecule has 2 aromatic heterocycles. The van der Waals surface area contributed by atoms with Crippen LogP contribution in [0.5, 0.6) is 0 Å². The molecule has 5 nitrogen and oxygen atoms in total. The quantitative estimate of drug-likeness (QED) is 0.266. The average molecular weight is 448 g/mol. The van der Waals surface area contributed by atoms with Crippen molar-refractivity contribution in [3.8, 4) is 0 Å². The number of nitrogen functional groups attached to an aromatic ring is 1. The SMILES string of the molecule is CCCN(CC[I-]1(c2ncc(N)cn2)CS1)c1cc(F)ccn1. The Hall–Kier alpha value is -1.16. The number of alkyl halides is 2. The number of halogens is 2. The van der Waals surface area contributed by atoms with Crippen LogP contribution in [0.2, 0.25) is 0 Å². The molecule has 0 bridgehead atoms. The monoisotopic (exact) mass is 448 g/mol. The second-order valence-corrected chi connectivity index (χ2v) is 19.7. The van der Waals surface area contributed by atoms with Crippen LogP contribution in [0.15, 0.2) is 30.7 Å². The summed E-state index contributed by atoms with van der Waals surface area (Å²) in [7, 11) is 2.03. The molecule has 1 atom stereocenters. The molecule has 0 aromatic carbocycles. The Kier molecular flexibility index (Phi) is 5.20. The van der Waals surface area contributed by atoms with Gasteiger partial charge in [0.25, 0.3) is 0 Å². The van der Waals surface area contributed by atoms with Crippen molar-refractivity contribution < 1.29 is 21.4 Å². The Morgan fingerprint density at radius 3 is 2.65 bits per heavy atom. The number of nitrogens with zero attached hydrogens (tertiary/aromatic N) is 4. The Morgan fingerprint density at radius 1 is 1.30 bits per heavy atom. The Bertz CT molecular complexity index is 665. The first-order chi connectivity index (χ1) is 11.1. The molecule has 1 fully saturated rings. The van der Waals surface area contributed by atoms with Crippen LogP contribution in [0.4, 0.5) is 15.9 Å². The van der Waals surface area contributed by atoms with E-state index in [2.05, 4.69) is 26.8 Å². The molecule has 1 unspecified atom stereocenters. The Labute approximate surface area is 142 Å². The minimum absolute atomic E-state index is 0.241. The van der Waals surface area contributed by atoms with E-state index in [4.69, 9.17) is 5.73 Å². The molecule has 126 valence electrons. The summed E-state index contributed by atoms with van der Waals surface area (Å²) in [6.45, 7) is 3.88. The summed E-state index contributed by atoms with van der Waals surface area (Å²) in [5, 5.41) is 0. The van der Waals surface area contributed by atoms with E-state index in [1.54, 1.807) is 12.4 Å². The fourth-order valence-electron chi connectivity index (χ4n) is 2.26. The van der Waals surface area contributed by atoms with Crippen LogP contribution in [0.25, 0.3) is 0 Å². The molecule has 2 aromatic rings. The second kappa shape index (κ2) is 7.16. The van der Waals surface area contributed by atoms with Crippen molar-refractivity contribution in [1.82, 2.24) is 15.0 Å². The first kappa shape index (κ1) is 16.7. The summed E-state index contributed by atoms with van der Waals surface area (Å²) in [4.78, 5) is 15.4. The summed E-state index contributed by atoms with van der Waals surface area (Å²) < 4.78 is 16.7.